The smallest absolute Gasteiger partial charge is 0.308 e. The van der Waals surface area contributed by atoms with Crippen LogP contribution in [0.25, 0.3) is 0 Å². The predicted molar refractivity (Wildman–Crippen MR) is 48.8 cm³/mol. The molecule has 0 bridgehead atoms. The average Bonchev–Trinajstić information content (AvgIpc) is 2.13. The summed E-state index contributed by atoms with van der Waals surface area (Å²) in [5.41, 5.74) is 0. The van der Waals surface area contributed by atoms with Crippen LogP contribution in [-0.2, 0) is 14.3 Å². The van der Waals surface area contributed by atoms with Gasteiger partial charge in [0.25, 0.3) is 0 Å². The molecule has 1 aliphatic rings. The van der Waals surface area contributed by atoms with Crippen molar-refractivity contribution in [2.45, 2.75) is 25.6 Å². The molecule has 0 radical (unpaired) electrons. The lowest BCUT2D eigenvalue weighted by Gasteiger charge is -2.17. The number of carbonyl (C=O) groups is 1. The van der Waals surface area contributed by atoms with Crippen molar-refractivity contribution in [1.82, 2.24) is 0 Å². The molecule has 0 aliphatic carbocycles. The van der Waals surface area contributed by atoms with Gasteiger partial charge < -0.3 is 9.47 Å². The monoisotopic (exact) mass is 270 g/mol. The molecule has 11 heavy (non-hydrogen) atoms. The molecule has 2 unspecified atom stereocenters. The lowest BCUT2D eigenvalue weighted by atomic mass is 10.2. The molecule has 4 heteroatoms. The molecule has 64 valence electrons. The molecule has 2 atom stereocenters. The summed E-state index contributed by atoms with van der Waals surface area (Å²) in [5.74, 6) is -0.143. The highest BCUT2D eigenvalue weighted by atomic mass is 127. The SMILES string of the molecule is CC1OCCC(=O)OC1CI. The molecule has 1 aliphatic heterocycles. The summed E-state index contributed by atoms with van der Waals surface area (Å²) in [6.45, 7) is 2.43. The zero-order chi connectivity index (χ0) is 8.27. The first-order chi connectivity index (χ1) is 5.24. The summed E-state index contributed by atoms with van der Waals surface area (Å²) in [6.07, 6.45) is 0.362. The third-order valence-electron chi connectivity index (χ3n) is 1.65. The van der Waals surface area contributed by atoms with Gasteiger partial charge in [-0.15, -0.1) is 0 Å². The van der Waals surface area contributed by atoms with Gasteiger partial charge in [0.1, 0.15) is 6.10 Å². The number of rotatable bonds is 1. The zero-order valence-corrected chi connectivity index (χ0v) is 8.54. The molecule has 0 aromatic carbocycles. The van der Waals surface area contributed by atoms with Crippen LogP contribution in [0.15, 0.2) is 0 Å². The molecular formula is C7H11IO3. The quantitative estimate of drug-likeness (QED) is 0.407. The topological polar surface area (TPSA) is 35.5 Å². The van der Waals surface area contributed by atoms with Crippen molar-refractivity contribution >= 4 is 28.6 Å². The van der Waals surface area contributed by atoms with Crippen LogP contribution < -0.4 is 0 Å². The van der Waals surface area contributed by atoms with E-state index in [1.54, 1.807) is 0 Å². The van der Waals surface area contributed by atoms with E-state index in [0.29, 0.717) is 13.0 Å². The Hall–Kier alpha value is 0.160. The van der Waals surface area contributed by atoms with Gasteiger partial charge in [-0.3, -0.25) is 4.79 Å². The molecule has 3 nitrogen and oxygen atoms in total. The number of halogens is 1. The Morgan fingerprint density at radius 3 is 3.09 bits per heavy atom. The van der Waals surface area contributed by atoms with Gasteiger partial charge in [0.2, 0.25) is 0 Å². The fraction of sp³-hybridized carbons (Fsp3) is 0.857. The van der Waals surface area contributed by atoms with Gasteiger partial charge >= 0.3 is 5.97 Å². The van der Waals surface area contributed by atoms with Gasteiger partial charge in [-0.2, -0.15) is 0 Å². The van der Waals surface area contributed by atoms with Crippen molar-refractivity contribution in [3.63, 3.8) is 0 Å². The van der Waals surface area contributed by atoms with Crippen LogP contribution in [0.3, 0.4) is 0 Å². The van der Waals surface area contributed by atoms with Gasteiger partial charge in [-0.25, -0.2) is 0 Å². The van der Waals surface area contributed by atoms with E-state index in [1.807, 2.05) is 6.92 Å². The van der Waals surface area contributed by atoms with E-state index < -0.39 is 0 Å². The van der Waals surface area contributed by atoms with Crippen LogP contribution >= 0.6 is 22.6 Å². The number of hydrogen-bond acceptors (Lipinski definition) is 3. The maximum atomic E-state index is 10.9. The zero-order valence-electron chi connectivity index (χ0n) is 6.38. The van der Waals surface area contributed by atoms with Gasteiger partial charge in [0, 0.05) is 4.43 Å². The molecular weight excluding hydrogens is 259 g/mol. The van der Waals surface area contributed by atoms with E-state index in [0.717, 1.165) is 4.43 Å². The molecule has 0 amide bonds. The number of cyclic esters (lactones) is 1. The van der Waals surface area contributed by atoms with E-state index in [1.165, 1.54) is 0 Å². The highest BCUT2D eigenvalue weighted by Crippen LogP contribution is 2.12. The molecule has 0 aromatic rings. The third-order valence-corrected chi connectivity index (χ3v) is 2.51. The molecule has 0 saturated carbocycles. The Morgan fingerprint density at radius 2 is 2.45 bits per heavy atom. The van der Waals surface area contributed by atoms with Crippen molar-refractivity contribution in [1.29, 1.82) is 0 Å². The normalized spacial score (nSPS) is 32.7. The Balaban J connectivity index is 2.52. The Morgan fingerprint density at radius 1 is 1.73 bits per heavy atom. The van der Waals surface area contributed by atoms with E-state index in [2.05, 4.69) is 22.6 Å². The van der Waals surface area contributed by atoms with E-state index in [-0.39, 0.29) is 18.2 Å². The van der Waals surface area contributed by atoms with Gasteiger partial charge in [0.15, 0.2) is 0 Å². The first-order valence-corrected chi connectivity index (χ1v) is 5.13. The minimum absolute atomic E-state index is 0.0401. The number of esters is 1. The molecule has 1 heterocycles. The highest BCUT2D eigenvalue weighted by molar-refractivity contribution is 14.1. The number of carbonyl (C=O) groups excluding carboxylic acids is 1. The van der Waals surface area contributed by atoms with Crippen molar-refractivity contribution < 1.29 is 14.3 Å². The summed E-state index contributed by atoms with van der Waals surface area (Å²) >= 11 is 2.19. The van der Waals surface area contributed by atoms with E-state index >= 15 is 0 Å². The van der Waals surface area contributed by atoms with Crippen LogP contribution in [0.4, 0.5) is 0 Å². The lowest BCUT2D eigenvalue weighted by molar-refractivity contribution is -0.147. The lowest BCUT2D eigenvalue weighted by Crippen LogP contribution is -2.29. The fourth-order valence-corrected chi connectivity index (χ4v) is 1.81. The van der Waals surface area contributed by atoms with Crippen molar-refractivity contribution in [2.75, 3.05) is 11.0 Å². The second kappa shape index (κ2) is 4.25. The van der Waals surface area contributed by atoms with Gasteiger partial charge in [0.05, 0.1) is 19.1 Å². The largest absolute Gasteiger partial charge is 0.459 e. The molecule has 0 aromatic heterocycles. The van der Waals surface area contributed by atoms with Crippen molar-refractivity contribution in [3.8, 4) is 0 Å². The molecule has 0 N–H and O–H groups in total. The molecule has 1 saturated heterocycles. The second-order valence-corrected chi connectivity index (χ2v) is 3.39. The van der Waals surface area contributed by atoms with E-state index in [4.69, 9.17) is 9.47 Å². The van der Waals surface area contributed by atoms with Crippen molar-refractivity contribution in [3.05, 3.63) is 0 Å². The summed E-state index contributed by atoms with van der Waals surface area (Å²) < 4.78 is 11.2. The van der Waals surface area contributed by atoms with Gasteiger partial charge in [-0.1, -0.05) is 22.6 Å². The highest BCUT2D eigenvalue weighted by Gasteiger charge is 2.24. The standard InChI is InChI=1S/C7H11IO3/c1-5-6(4-8)11-7(9)2-3-10-5/h5-6H,2-4H2,1H3. The van der Waals surface area contributed by atoms with Crippen LogP contribution in [-0.4, -0.2) is 29.2 Å². The first-order valence-electron chi connectivity index (χ1n) is 3.61. The summed E-state index contributed by atoms with van der Waals surface area (Å²) in [6, 6.07) is 0. The van der Waals surface area contributed by atoms with Crippen LogP contribution in [0, 0.1) is 0 Å². The molecule has 1 fully saturated rings. The summed E-state index contributed by atoms with van der Waals surface area (Å²) in [4.78, 5) is 10.9. The number of ether oxygens (including phenoxy) is 2. The Kier molecular flexibility index (Phi) is 3.58. The van der Waals surface area contributed by atoms with Crippen LogP contribution in [0.2, 0.25) is 0 Å². The average molecular weight is 270 g/mol. The van der Waals surface area contributed by atoms with Gasteiger partial charge in [-0.05, 0) is 6.92 Å². The Bertz CT molecular complexity index is 149. The fourth-order valence-electron chi connectivity index (χ4n) is 0.916. The maximum Gasteiger partial charge on any atom is 0.308 e. The van der Waals surface area contributed by atoms with Crippen LogP contribution in [0.5, 0.6) is 0 Å². The molecule has 0 spiro atoms. The summed E-state index contributed by atoms with van der Waals surface area (Å²) in [7, 11) is 0. The second-order valence-electron chi connectivity index (χ2n) is 2.51. The van der Waals surface area contributed by atoms with Crippen LogP contribution in [0.1, 0.15) is 13.3 Å². The minimum Gasteiger partial charge on any atom is -0.459 e. The van der Waals surface area contributed by atoms with Crippen molar-refractivity contribution in [2.24, 2.45) is 0 Å². The number of hydrogen-bond donors (Lipinski definition) is 0. The number of alkyl halides is 1. The minimum atomic E-state index is -0.143. The maximum absolute atomic E-state index is 10.9. The third kappa shape index (κ3) is 2.59. The predicted octanol–water partition coefficient (Wildman–Crippen LogP) is 1.14. The first kappa shape index (κ1) is 9.25. The summed E-state index contributed by atoms with van der Waals surface area (Å²) in [5, 5.41) is 0. The molecule has 1 rings (SSSR count). The Labute approximate surface area is 79.6 Å². The van der Waals surface area contributed by atoms with E-state index in [9.17, 15) is 4.79 Å².